The van der Waals surface area contributed by atoms with Crippen LogP contribution in [0.2, 0.25) is 0 Å². The van der Waals surface area contributed by atoms with Gasteiger partial charge in [0.2, 0.25) is 11.9 Å². The third-order valence-electron chi connectivity index (χ3n) is 5.17. The maximum absolute atomic E-state index is 14.1. The molecule has 0 bridgehead atoms. The molecule has 2 aliphatic rings. The van der Waals surface area contributed by atoms with Crippen molar-refractivity contribution in [2.45, 2.75) is 38.3 Å². The molecule has 136 valence electrons. The van der Waals surface area contributed by atoms with Gasteiger partial charge < -0.3 is 9.80 Å². The van der Waals surface area contributed by atoms with Crippen LogP contribution in [0.5, 0.6) is 0 Å². The molecule has 1 saturated heterocycles. The first-order chi connectivity index (χ1) is 12.7. The molecular weight excluding hydrogens is 331 g/mol. The van der Waals surface area contributed by atoms with E-state index in [2.05, 4.69) is 14.9 Å². The molecule has 0 radical (unpaired) electrons. The molecule has 6 heteroatoms. The fraction of sp³-hybridized carbons (Fsp3) is 0.450. The number of piperidine rings is 1. The first-order valence-corrected chi connectivity index (χ1v) is 9.28. The summed E-state index contributed by atoms with van der Waals surface area (Å²) < 4.78 is 14.1. The Hall–Kier alpha value is -2.50. The van der Waals surface area contributed by atoms with Crippen molar-refractivity contribution in [3.63, 3.8) is 0 Å². The number of anilines is 1. The molecule has 1 aromatic heterocycles. The molecule has 1 aliphatic carbocycles. The van der Waals surface area contributed by atoms with Crippen LogP contribution in [0.3, 0.4) is 0 Å². The normalized spacial score (nSPS) is 20.0. The van der Waals surface area contributed by atoms with Gasteiger partial charge in [-0.15, -0.1) is 0 Å². The first kappa shape index (κ1) is 16.9. The number of aromatic nitrogens is 2. The molecular formula is C20H23FN4O. The molecule has 1 saturated carbocycles. The van der Waals surface area contributed by atoms with Gasteiger partial charge >= 0.3 is 0 Å². The summed E-state index contributed by atoms with van der Waals surface area (Å²) in [4.78, 5) is 25.8. The van der Waals surface area contributed by atoms with Crippen molar-refractivity contribution >= 4 is 11.9 Å². The van der Waals surface area contributed by atoms with Crippen LogP contribution in [0.1, 0.15) is 31.2 Å². The van der Waals surface area contributed by atoms with Gasteiger partial charge in [0, 0.05) is 43.6 Å². The summed E-state index contributed by atoms with van der Waals surface area (Å²) in [6, 6.07) is 8.78. The molecule has 0 spiro atoms. The monoisotopic (exact) mass is 354 g/mol. The summed E-state index contributed by atoms with van der Waals surface area (Å²) in [7, 11) is 0. The van der Waals surface area contributed by atoms with E-state index in [1.807, 2.05) is 11.0 Å². The molecule has 2 aromatic rings. The fourth-order valence-corrected chi connectivity index (χ4v) is 3.63. The Kier molecular flexibility index (Phi) is 4.82. The van der Waals surface area contributed by atoms with Crippen LogP contribution in [-0.4, -0.2) is 39.9 Å². The second-order valence-electron chi connectivity index (χ2n) is 7.12. The van der Waals surface area contributed by atoms with E-state index in [4.69, 9.17) is 0 Å². The summed E-state index contributed by atoms with van der Waals surface area (Å²) in [5.41, 5.74) is 0.590. The molecule has 2 heterocycles. The number of nitrogens with zero attached hydrogens (tertiary/aromatic N) is 4. The third kappa shape index (κ3) is 3.69. The van der Waals surface area contributed by atoms with E-state index in [1.54, 1.807) is 30.6 Å². The van der Waals surface area contributed by atoms with Gasteiger partial charge in [-0.25, -0.2) is 14.4 Å². The van der Waals surface area contributed by atoms with Crippen LogP contribution in [-0.2, 0) is 11.3 Å². The number of hydrogen-bond donors (Lipinski definition) is 0. The van der Waals surface area contributed by atoms with Gasteiger partial charge in [-0.05, 0) is 37.8 Å². The van der Waals surface area contributed by atoms with Crippen molar-refractivity contribution in [1.82, 2.24) is 14.9 Å². The van der Waals surface area contributed by atoms with Crippen molar-refractivity contribution in [3.05, 3.63) is 54.1 Å². The summed E-state index contributed by atoms with van der Waals surface area (Å²) in [6.45, 7) is 1.85. The lowest BCUT2D eigenvalue weighted by Gasteiger charge is -2.35. The molecule has 0 N–H and O–H groups in total. The van der Waals surface area contributed by atoms with Gasteiger partial charge in [-0.3, -0.25) is 4.79 Å². The minimum atomic E-state index is -0.242. The summed E-state index contributed by atoms with van der Waals surface area (Å²) >= 11 is 0. The van der Waals surface area contributed by atoms with Crippen molar-refractivity contribution < 1.29 is 9.18 Å². The molecule has 5 nitrogen and oxygen atoms in total. The highest BCUT2D eigenvalue weighted by atomic mass is 19.1. The van der Waals surface area contributed by atoms with Gasteiger partial charge in [-0.2, -0.15) is 0 Å². The number of halogens is 1. The van der Waals surface area contributed by atoms with Crippen LogP contribution >= 0.6 is 0 Å². The Balaban J connectivity index is 1.48. The largest absolute Gasteiger partial charge is 0.340 e. The predicted octanol–water partition coefficient (Wildman–Crippen LogP) is 3.02. The Morgan fingerprint density at radius 1 is 1.15 bits per heavy atom. The molecule has 1 amide bonds. The van der Waals surface area contributed by atoms with Crippen LogP contribution in [0.25, 0.3) is 0 Å². The highest BCUT2D eigenvalue weighted by Crippen LogP contribution is 2.32. The van der Waals surface area contributed by atoms with Crippen LogP contribution in [0, 0.1) is 11.7 Å². The number of carbonyl (C=O) groups is 1. The molecule has 26 heavy (non-hydrogen) atoms. The second kappa shape index (κ2) is 7.40. The predicted molar refractivity (Wildman–Crippen MR) is 96.9 cm³/mol. The molecule has 1 aliphatic heterocycles. The van der Waals surface area contributed by atoms with Crippen molar-refractivity contribution in [1.29, 1.82) is 0 Å². The van der Waals surface area contributed by atoms with Gasteiger partial charge in [0.05, 0.1) is 5.92 Å². The molecule has 2 fully saturated rings. The van der Waals surface area contributed by atoms with E-state index in [9.17, 15) is 9.18 Å². The van der Waals surface area contributed by atoms with E-state index >= 15 is 0 Å². The summed E-state index contributed by atoms with van der Waals surface area (Å²) in [5, 5.41) is 0. The van der Waals surface area contributed by atoms with Gasteiger partial charge in [0.25, 0.3) is 0 Å². The van der Waals surface area contributed by atoms with E-state index < -0.39 is 0 Å². The van der Waals surface area contributed by atoms with Crippen LogP contribution < -0.4 is 4.90 Å². The molecule has 1 unspecified atom stereocenters. The quantitative estimate of drug-likeness (QED) is 0.828. The van der Waals surface area contributed by atoms with E-state index in [0.717, 1.165) is 32.2 Å². The standard InChI is InChI=1S/C20H23FN4O/c21-18-7-2-1-5-15(18)14-25(17-8-9-17)19(26)16-6-3-12-24(13-16)20-22-10-4-11-23-20/h1-2,4-5,7,10-11,16-17H,3,6,8-9,12-14H2. The lowest BCUT2D eigenvalue weighted by atomic mass is 9.96. The van der Waals surface area contributed by atoms with Gasteiger partial charge in [-0.1, -0.05) is 18.2 Å². The van der Waals surface area contributed by atoms with E-state index in [0.29, 0.717) is 24.6 Å². The van der Waals surface area contributed by atoms with Gasteiger partial charge in [0.15, 0.2) is 0 Å². The summed E-state index contributed by atoms with van der Waals surface area (Å²) in [5.74, 6) is 0.488. The first-order valence-electron chi connectivity index (χ1n) is 9.28. The number of amides is 1. The molecule has 1 atom stereocenters. The summed E-state index contributed by atoms with van der Waals surface area (Å²) in [6.07, 6.45) is 7.28. The number of carbonyl (C=O) groups excluding carboxylic acids is 1. The highest BCUT2D eigenvalue weighted by Gasteiger charge is 2.37. The molecule has 4 rings (SSSR count). The van der Waals surface area contributed by atoms with Crippen molar-refractivity contribution in [3.8, 4) is 0 Å². The molecule has 1 aromatic carbocycles. The topological polar surface area (TPSA) is 49.3 Å². The van der Waals surface area contributed by atoms with Crippen LogP contribution in [0.4, 0.5) is 10.3 Å². The zero-order valence-corrected chi connectivity index (χ0v) is 14.7. The Labute approximate surface area is 152 Å². The average molecular weight is 354 g/mol. The fourth-order valence-electron chi connectivity index (χ4n) is 3.63. The lowest BCUT2D eigenvalue weighted by Crippen LogP contribution is -2.46. The lowest BCUT2D eigenvalue weighted by molar-refractivity contribution is -0.137. The second-order valence-corrected chi connectivity index (χ2v) is 7.12. The Morgan fingerprint density at radius 3 is 2.65 bits per heavy atom. The SMILES string of the molecule is O=C(C1CCCN(c2ncccn2)C1)N(Cc1ccccc1F)C1CC1. The minimum absolute atomic E-state index is 0.0834. The minimum Gasteiger partial charge on any atom is -0.340 e. The average Bonchev–Trinajstić information content (AvgIpc) is 3.53. The third-order valence-corrected chi connectivity index (χ3v) is 5.17. The smallest absolute Gasteiger partial charge is 0.228 e. The van der Waals surface area contributed by atoms with Crippen molar-refractivity contribution in [2.75, 3.05) is 18.0 Å². The van der Waals surface area contributed by atoms with Crippen LogP contribution in [0.15, 0.2) is 42.7 Å². The highest BCUT2D eigenvalue weighted by molar-refractivity contribution is 5.80. The zero-order chi connectivity index (χ0) is 17.9. The van der Waals surface area contributed by atoms with E-state index in [1.165, 1.54) is 6.07 Å². The maximum atomic E-state index is 14.1. The Morgan fingerprint density at radius 2 is 1.92 bits per heavy atom. The number of rotatable bonds is 5. The van der Waals surface area contributed by atoms with E-state index in [-0.39, 0.29) is 23.7 Å². The Bertz CT molecular complexity index is 765. The zero-order valence-electron chi connectivity index (χ0n) is 14.7. The van der Waals surface area contributed by atoms with Gasteiger partial charge in [0.1, 0.15) is 5.82 Å². The van der Waals surface area contributed by atoms with Crippen molar-refractivity contribution in [2.24, 2.45) is 5.92 Å². The number of hydrogen-bond acceptors (Lipinski definition) is 4. The maximum Gasteiger partial charge on any atom is 0.228 e. The number of benzene rings is 1.